The van der Waals surface area contributed by atoms with E-state index in [2.05, 4.69) is 39.4 Å². The highest BCUT2D eigenvalue weighted by Crippen LogP contribution is 2.35. The summed E-state index contributed by atoms with van der Waals surface area (Å²) in [6.45, 7) is 6.79. The Labute approximate surface area is 251 Å². The molecular weight excluding hydrogens is 555 g/mol. The van der Waals surface area contributed by atoms with Crippen LogP contribution in [-0.4, -0.2) is 75.0 Å². The number of nitrogens with one attached hydrogen (secondary N) is 2. The SMILES string of the molecule is Cc1c(F)c(N)cc(C(=O)Nc2cc(-c3ccc(NC(=O)C4CCN(C)CC4)cc3)ccc2N2CCN(C)CC2)c1Cl. The number of amides is 2. The molecule has 0 aliphatic carbocycles. The third kappa shape index (κ3) is 6.53. The van der Waals surface area contributed by atoms with Gasteiger partial charge in [0, 0.05) is 43.3 Å². The molecule has 2 aliphatic rings. The van der Waals surface area contributed by atoms with Gasteiger partial charge in [-0.2, -0.15) is 0 Å². The number of halogens is 2. The molecule has 0 spiro atoms. The van der Waals surface area contributed by atoms with Crippen LogP contribution in [0.1, 0.15) is 28.8 Å². The molecule has 42 heavy (non-hydrogen) atoms. The van der Waals surface area contributed by atoms with Crippen molar-refractivity contribution in [1.82, 2.24) is 9.80 Å². The molecule has 5 rings (SSSR count). The number of nitrogens with two attached hydrogens (primary N) is 1. The van der Waals surface area contributed by atoms with Crippen molar-refractivity contribution >= 4 is 46.2 Å². The number of nitrogen functional groups attached to an aromatic ring is 1. The van der Waals surface area contributed by atoms with Crippen molar-refractivity contribution < 1.29 is 14.0 Å². The predicted octanol–water partition coefficient (Wildman–Crippen LogP) is 5.32. The third-order valence-corrected chi connectivity index (χ3v) is 8.84. The van der Waals surface area contributed by atoms with Gasteiger partial charge in [-0.05, 0) is 88.4 Å². The molecule has 0 saturated carbocycles. The second-order valence-corrected chi connectivity index (χ2v) is 11.8. The van der Waals surface area contributed by atoms with Crippen LogP contribution in [-0.2, 0) is 4.79 Å². The Morgan fingerprint density at radius 3 is 2.17 bits per heavy atom. The first-order chi connectivity index (χ1) is 20.1. The maximum atomic E-state index is 14.3. The molecule has 0 atom stereocenters. The summed E-state index contributed by atoms with van der Waals surface area (Å²) in [5, 5.41) is 6.12. The molecule has 10 heteroatoms. The van der Waals surface area contributed by atoms with E-state index in [1.54, 1.807) is 0 Å². The Hall–Kier alpha value is -3.66. The summed E-state index contributed by atoms with van der Waals surface area (Å²) in [5.74, 6) is -0.993. The number of likely N-dealkylation sites (N-methyl/N-ethyl adjacent to an activating group) is 1. The van der Waals surface area contributed by atoms with Gasteiger partial charge in [-0.15, -0.1) is 0 Å². The Bertz CT molecular complexity index is 1460. The van der Waals surface area contributed by atoms with Crippen molar-refractivity contribution in [2.45, 2.75) is 19.8 Å². The number of carbonyl (C=O) groups excluding carboxylic acids is 2. The standard InChI is InChI=1S/C32H38ClFN6O2/c1-20-29(33)25(19-26(35)30(20)34)32(42)37-27-18-23(6-9-28(27)40-16-14-39(3)15-17-40)21-4-7-24(8-5-21)36-31(41)22-10-12-38(2)13-11-22/h4-9,18-19,22H,10-17,35H2,1-3H3,(H,36,41)(H,37,42). The van der Waals surface area contributed by atoms with Gasteiger partial charge in [0.2, 0.25) is 5.91 Å². The van der Waals surface area contributed by atoms with E-state index in [1.807, 2.05) is 42.5 Å². The molecule has 3 aromatic rings. The largest absolute Gasteiger partial charge is 0.396 e. The maximum absolute atomic E-state index is 14.3. The van der Waals surface area contributed by atoms with Crippen LogP contribution in [0.15, 0.2) is 48.5 Å². The van der Waals surface area contributed by atoms with Crippen LogP contribution in [0.3, 0.4) is 0 Å². The molecule has 8 nitrogen and oxygen atoms in total. The number of benzene rings is 3. The summed E-state index contributed by atoms with van der Waals surface area (Å²) in [6, 6.07) is 15.0. The minimum Gasteiger partial charge on any atom is -0.396 e. The molecule has 2 saturated heterocycles. The smallest absolute Gasteiger partial charge is 0.257 e. The fourth-order valence-electron chi connectivity index (χ4n) is 5.55. The average molecular weight is 593 g/mol. The van der Waals surface area contributed by atoms with E-state index in [9.17, 15) is 14.0 Å². The topological polar surface area (TPSA) is 93.9 Å². The average Bonchev–Trinajstić information content (AvgIpc) is 2.99. The molecule has 0 radical (unpaired) electrons. The minimum atomic E-state index is -0.623. The van der Waals surface area contributed by atoms with Gasteiger partial charge in [-0.3, -0.25) is 9.59 Å². The highest BCUT2D eigenvalue weighted by Gasteiger charge is 2.24. The molecule has 0 aromatic heterocycles. The zero-order valence-electron chi connectivity index (χ0n) is 24.3. The number of hydrogen-bond donors (Lipinski definition) is 3. The van der Waals surface area contributed by atoms with Crippen LogP contribution in [0.2, 0.25) is 5.02 Å². The highest BCUT2D eigenvalue weighted by atomic mass is 35.5. The number of piperidine rings is 1. The number of piperazine rings is 1. The summed E-state index contributed by atoms with van der Waals surface area (Å²) in [4.78, 5) is 33.0. The first-order valence-electron chi connectivity index (χ1n) is 14.3. The van der Waals surface area contributed by atoms with Gasteiger partial charge in [-0.1, -0.05) is 29.8 Å². The zero-order valence-corrected chi connectivity index (χ0v) is 25.1. The van der Waals surface area contributed by atoms with E-state index in [4.69, 9.17) is 17.3 Å². The van der Waals surface area contributed by atoms with Gasteiger partial charge in [0.15, 0.2) is 5.82 Å². The highest BCUT2D eigenvalue weighted by molar-refractivity contribution is 6.35. The van der Waals surface area contributed by atoms with Crippen molar-refractivity contribution in [3.05, 3.63) is 70.5 Å². The molecule has 2 amide bonds. The molecule has 3 aromatic carbocycles. The number of rotatable bonds is 6. The lowest BCUT2D eigenvalue weighted by molar-refractivity contribution is -0.121. The molecule has 2 heterocycles. The third-order valence-electron chi connectivity index (χ3n) is 8.36. The van der Waals surface area contributed by atoms with Gasteiger partial charge < -0.3 is 31.1 Å². The molecule has 2 fully saturated rings. The molecule has 0 unspecified atom stereocenters. The molecule has 0 bridgehead atoms. The van der Waals surface area contributed by atoms with Crippen molar-refractivity contribution in [2.24, 2.45) is 5.92 Å². The monoisotopic (exact) mass is 592 g/mol. The lowest BCUT2D eigenvalue weighted by Gasteiger charge is -2.35. The fraction of sp³-hybridized carbons (Fsp3) is 0.375. The maximum Gasteiger partial charge on any atom is 0.257 e. The van der Waals surface area contributed by atoms with Crippen LogP contribution >= 0.6 is 11.6 Å². The Kier molecular flexibility index (Phi) is 9.01. The van der Waals surface area contributed by atoms with E-state index in [0.29, 0.717) is 5.69 Å². The lowest BCUT2D eigenvalue weighted by atomic mass is 9.96. The summed E-state index contributed by atoms with van der Waals surface area (Å²) in [7, 11) is 4.17. The number of nitrogens with zero attached hydrogens (tertiary/aromatic N) is 3. The summed E-state index contributed by atoms with van der Waals surface area (Å²) in [6.07, 6.45) is 1.73. The molecular formula is C32H38ClFN6O2. The van der Waals surface area contributed by atoms with Gasteiger partial charge >= 0.3 is 0 Å². The van der Waals surface area contributed by atoms with Gasteiger partial charge in [0.05, 0.1) is 27.6 Å². The minimum absolute atomic E-state index is 0.0305. The van der Waals surface area contributed by atoms with E-state index in [0.717, 1.165) is 74.6 Å². The molecule has 222 valence electrons. The van der Waals surface area contributed by atoms with Crippen molar-refractivity contribution in [3.63, 3.8) is 0 Å². The van der Waals surface area contributed by atoms with E-state index in [-0.39, 0.29) is 33.7 Å². The molecule has 2 aliphatic heterocycles. The van der Waals surface area contributed by atoms with Crippen LogP contribution in [0, 0.1) is 18.7 Å². The van der Waals surface area contributed by atoms with Crippen molar-refractivity contribution in [2.75, 3.05) is 74.6 Å². The second-order valence-electron chi connectivity index (χ2n) is 11.4. The van der Waals surface area contributed by atoms with Crippen LogP contribution in [0.4, 0.5) is 27.1 Å². The van der Waals surface area contributed by atoms with E-state index in [1.165, 1.54) is 13.0 Å². The first-order valence-corrected chi connectivity index (χ1v) is 14.7. The quantitative estimate of drug-likeness (QED) is 0.336. The van der Waals surface area contributed by atoms with E-state index >= 15 is 0 Å². The Morgan fingerprint density at radius 1 is 0.881 bits per heavy atom. The van der Waals surface area contributed by atoms with Gasteiger partial charge in [0.1, 0.15) is 0 Å². The predicted molar refractivity (Wildman–Crippen MR) is 169 cm³/mol. The zero-order chi connectivity index (χ0) is 30.0. The second kappa shape index (κ2) is 12.7. The Morgan fingerprint density at radius 2 is 1.50 bits per heavy atom. The number of likely N-dealkylation sites (tertiary alicyclic amines) is 1. The fourth-order valence-corrected chi connectivity index (χ4v) is 5.78. The number of hydrogen-bond acceptors (Lipinski definition) is 6. The van der Waals surface area contributed by atoms with Crippen LogP contribution in [0.5, 0.6) is 0 Å². The van der Waals surface area contributed by atoms with Crippen molar-refractivity contribution in [1.29, 1.82) is 0 Å². The summed E-state index contributed by atoms with van der Waals surface area (Å²) < 4.78 is 14.3. The summed E-state index contributed by atoms with van der Waals surface area (Å²) in [5.41, 5.74) is 10.1. The van der Waals surface area contributed by atoms with Gasteiger partial charge in [0.25, 0.3) is 5.91 Å². The molecule has 4 N–H and O–H groups in total. The van der Waals surface area contributed by atoms with Crippen LogP contribution in [0.25, 0.3) is 11.1 Å². The lowest BCUT2D eigenvalue weighted by Crippen LogP contribution is -2.44. The van der Waals surface area contributed by atoms with Gasteiger partial charge in [-0.25, -0.2) is 4.39 Å². The summed E-state index contributed by atoms with van der Waals surface area (Å²) >= 11 is 6.37. The first kappa shape index (κ1) is 29.8. The number of carbonyl (C=O) groups is 2. The number of anilines is 4. The van der Waals surface area contributed by atoms with E-state index < -0.39 is 11.7 Å². The van der Waals surface area contributed by atoms with Crippen molar-refractivity contribution in [3.8, 4) is 11.1 Å². The normalized spacial score (nSPS) is 16.8. The van der Waals surface area contributed by atoms with Crippen LogP contribution < -0.4 is 21.3 Å². The Balaban J connectivity index is 1.39.